The molecule has 0 aromatic carbocycles. The van der Waals surface area contributed by atoms with Gasteiger partial charge in [-0.25, -0.2) is 4.79 Å². The van der Waals surface area contributed by atoms with Gasteiger partial charge in [-0.2, -0.15) is 8.75 Å². The molecule has 8 nitrogen and oxygen atoms in total. The highest BCUT2D eigenvalue weighted by atomic mass is 32.1. The first kappa shape index (κ1) is 13.0. The Balaban J connectivity index is 2.58. The summed E-state index contributed by atoms with van der Waals surface area (Å²) in [6, 6.07) is -1.25. The fraction of sp³-hybridized carbons (Fsp3) is 0.375. The predicted molar refractivity (Wildman–Crippen MR) is 55.7 cm³/mol. The topological polar surface area (TPSA) is 129 Å². The number of carbonyl (C=O) groups excluding carboxylic acids is 1. The van der Waals surface area contributed by atoms with Crippen LogP contribution in [0.3, 0.4) is 0 Å². The maximum Gasteiger partial charge on any atom is 0.326 e. The maximum atomic E-state index is 11.4. The first-order valence-corrected chi connectivity index (χ1v) is 5.26. The van der Waals surface area contributed by atoms with Crippen molar-refractivity contribution in [3.63, 3.8) is 0 Å². The highest BCUT2D eigenvalue weighted by Crippen LogP contribution is 2.01. The second-order valence-corrected chi connectivity index (χ2v) is 3.65. The SMILES string of the molecule is O=C(O)CCC(NC(=O)c1cnsn1)C(=O)O. The van der Waals surface area contributed by atoms with Gasteiger partial charge in [0.15, 0.2) is 5.69 Å². The molecule has 92 valence electrons. The molecule has 0 fully saturated rings. The summed E-state index contributed by atoms with van der Waals surface area (Å²) in [4.78, 5) is 32.5. The first-order chi connectivity index (χ1) is 8.00. The molecule has 0 saturated carbocycles. The zero-order valence-electron chi connectivity index (χ0n) is 8.49. The fourth-order valence-corrected chi connectivity index (χ4v) is 1.43. The van der Waals surface area contributed by atoms with Gasteiger partial charge in [-0.3, -0.25) is 9.59 Å². The number of carboxylic acids is 2. The van der Waals surface area contributed by atoms with E-state index in [1.54, 1.807) is 0 Å². The van der Waals surface area contributed by atoms with E-state index in [2.05, 4.69) is 14.1 Å². The smallest absolute Gasteiger partial charge is 0.326 e. The van der Waals surface area contributed by atoms with Crippen molar-refractivity contribution in [2.75, 3.05) is 0 Å². The molecule has 9 heteroatoms. The van der Waals surface area contributed by atoms with Crippen molar-refractivity contribution in [3.8, 4) is 0 Å². The summed E-state index contributed by atoms with van der Waals surface area (Å²) < 4.78 is 7.23. The van der Waals surface area contributed by atoms with Crippen molar-refractivity contribution in [3.05, 3.63) is 11.9 Å². The number of carbonyl (C=O) groups is 3. The van der Waals surface area contributed by atoms with Crippen LogP contribution >= 0.6 is 11.7 Å². The van der Waals surface area contributed by atoms with E-state index in [9.17, 15) is 14.4 Å². The van der Waals surface area contributed by atoms with Crippen LogP contribution in [0.2, 0.25) is 0 Å². The number of nitrogens with zero attached hydrogens (tertiary/aromatic N) is 2. The van der Waals surface area contributed by atoms with Gasteiger partial charge in [-0.1, -0.05) is 0 Å². The molecule has 0 spiro atoms. The molecule has 1 amide bonds. The van der Waals surface area contributed by atoms with Gasteiger partial charge in [0.1, 0.15) is 6.04 Å². The van der Waals surface area contributed by atoms with Crippen LogP contribution in [0.1, 0.15) is 23.3 Å². The molecule has 1 rings (SSSR count). The lowest BCUT2D eigenvalue weighted by Gasteiger charge is -2.11. The molecule has 0 aliphatic carbocycles. The minimum absolute atomic E-state index is 0.0107. The lowest BCUT2D eigenvalue weighted by Crippen LogP contribution is -2.41. The Morgan fingerprint density at radius 2 is 2.12 bits per heavy atom. The van der Waals surface area contributed by atoms with Gasteiger partial charge >= 0.3 is 11.9 Å². The van der Waals surface area contributed by atoms with Crippen molar-refractivity contribution < 1.29 is 24.6 Å². The number of aliphatic carboxylic acids is 2. The van der Waals surface area contributed by atoms with E-state index in [-0.39, 0.29) is 18.5 Å². The summed E-state index contributed by atoms with van der Waals surface area (Å²) in [5, 5.41) is 19.4. The lowest BCUT2D eigenvalue weighted by molar-refractivity contribution is -0.140. The Kier molecular flexibility index (Phi) is 4.52. The third-order valence-electron chi connectivity index (χ3n) is 1.84. The van der Waals surface area contributed by atoms with Crippen molar-refractivity contribution in [1.82, 2.24) is 14.1 Å². The second kappa shape index (κ2) is 5.89. The second-order valence-electron chi connectivity index (χ2n) is 3.09. The third kappa shape index (κ3) is 4.15. The molecule has 0 radical (unpaired) electrons. The van der Waals surface area contributed by atoms with Gasteiger partial charge < -0.3 is 15.5 Å². The standard InChI is InChI=1S/C8H9N3O5S/c12-6(13)2-1-4(8(15)16)10-7(14)5-3-9-17-11-5/h3-4H,1-2H2,(H,10,14)(H,12,13)(H,15,16). The molecular weight excluding hydrogens is 250 g/mol. The monoisotopic (exact) mass is 259 g/mol. The molecule has 17 heavy (non-hydrogen) atoms. The van der Waals surface area contributed by atoms with Gasteiger partial charge in [0.25, 0.3) is 5.91 Å². The van der Waals surface area contributed by atoms with Crippen molar-refractivity contribution in [2.24, 2.45) is 0 Å². The van der Waals surface area contributed by atoms with E-state index in [0.29, 0.717) is 0 Å². The summed E-state index contributed by atoms with van der Waals surface area (Å²) >= 11 is 0.819. The van der Waals surface area contributed by atoms with Gasteiger partial charge in [0.05, 0.1) is 17.9 Å². The number of nitrogens with one attached hydrogen (secondary N) is 1. The predicted octanol–water partition coefficient (Wildman–Crippen LogP) is -0.414. The molecule has 0 bridgehead atoms. The van der Waals surface area contributed by atoms with E-state index in [1.165, 1.54) is 6.20 Å². The molecule has 0 aliphatic heterocycles. The largest absolute Gasteiger partial charge is 0.481 e. The van der Waals surface area contributed by atoms with Crippen LogP contribution in [-0.2, 0) is 9.59 Å². The normalized spacial score (nSPS) is 11.8. The Bertz CT molecular complexity index is 419. The molecule has 1 aromatic heterocycles. The third-order valence-corrected chi connectivity index (χ3v) is 2.32. The molecule has 1 heterocycles. The number of rotatable bonds is 6. The van der Waals surface area contributed by atoms with Crippen LogP contribution in [-0.4, -0.2) is 42.8 Å². The Morgan fingerprint density at radius 1 is 1.41 bits per heavy atom. The molecule has 1 aromatic rings. The number of carboxylic acid groups (broad SMARTS) is 2. The van der Waals surface area contributed by atoms with Crippen LogP contribution in [0.25, 0.3) is 0 Å². The zero-order chi connectivity index (χ0) is 12.8. The average Bonchev–Trinajstić information content (AvgIpc) is 2.76. The number of hydrogen-bond acceptors (Lipinski definition) is 6. The van der Waals surface area contributed by atoms with Crippen LogP contribution < -0.4 is 5.32 Å². The van der Waals surface area contributed by atoms with Gasteiger partial charge in [0, 0.05) is 6.42 Å². The number of hydrogen-bond donors (Lipinski definition) is 3. The summed E-state index contributed by atoms with van der Waals surface area (Å²) in [6.07, 6.45) is 0.677. The van der Waals surface area contributed by atoms with Crippen molar-refractivity contribution in [2.45, 2.75) is 18.9 Å². The number of amides is 1. The van der Waals surface area contributed by atoms with E-state index in [4.69, 9.17) is 10.2 Å². The van der Waals surface area contributed by atoms with E-state index < -0.39 is 23.9 Å². The van der Waals surface area contributed by atoms with E-state index in [1.807, 2.05) is 0 Å². The van der Waals surface area contributed by atoms with Crippen LogP contribution in [0, 0.1) is 0 Å². The first-order valence-electron chi connectivity index (χ1n) is 4.53. The van der Waals surface area contributed by atoms with Gasteiger partial charge in [-0.05, 0) is 6.42 Å². The minimum atomic E-state index is -1.29. The summed E-state index contributed by atoms with van der Waals surface area (Å²) in [5.74, 6) is -3.10. The Hall–Kier alpha value is -2.03. The molecular formula is C8H9N3O5S. The zero-order valence-corrected chi connectivity index (χ0v) is 9.31. The molecule has 3 N–H and O–H groups in total. The lowest BCUT2D eigenvalue weighted by atomic mass is 10.1. The van der Waals surface area contributed by atoms with Crippen LogP contribution in [0.5, 0.6) is 0 Å². The summed E-state index contributed by atoms with van der Waals surface area (Å²) in [5.41, 5.74) is 0.0107. The quantitative estimate of drug-likeness (QED) is 0.632. The summed E-state index contributed by atoms with van der Waals surface area (Å²) in [7, 11) is 0. The average molecular weight is 259 g/mol. The molecule has 1 unspecified atom stereocenters. The van der Waals surface area contributed by atoms with Gasteiger partial charge in [-0.15, -0.1) is 0 Å². The highest BCUT2D eigenvalue weighted by molar-refractivity contribution is 6.99. The number of aromatic nitrogens is 2. The molecule has 0 saturated heterocycles. The Morgan fingerprint density at radius 3 is 2.59 bits per heavy atom. The maximum absolute atomic E-state index is 11.4. The summed E-state index contributed by atoms with van der Waals surface area (Å²) in [6.45, 7) is 0. The van der Waals surface area contributed by atoms with E-state index >= 15 is 0 Å². The van der Waals surface area contributed by atoms with Crippen LogP contribution in [0.15, 0.2) is 6.20 Å². The van der Waals surface area contributed by atoms with Crippen molar-refractivity contribution in [1.29, 1.82) is 0 Å². The highest BCUT2D eigenvalue weighted by Gasteiger charge is 2.22. The van der Waals surface area contributed by atoms with E-state index in [0.717, 1.165) is 11.7 Å². The fourth-order valence-electron chi connectivity index (χ4n) is 1.02. The van der Waals surface area contributed by atoms with Crippen LogP contribution in [0.4, 0.5) is 0 Å². The van der Waals surface area contributed by atoms with Gasteiger partial charge in [0.2, 0.25) is 0 Å². The molecule has 1 atom stereocenters. The van der Waals surface area contributed by atoms with Crippen molar-refractivity contribution >= 4 is 29.6 Å². The minimum Gasteiger partial charge on any atom is -0.481 e. The molecule has 0 aliphatic rings. The Labute approximate surface area is 99.6 Å².